The Kier molecular flexibility index (Phi) is 6.47. The number of hydrogen-bond donors (Lipinski definition) is 0. The van der Waals surface area contributed by atoms with E-state index in [2.05, 4.69) is 9.97 Å². The molecule has 0 aliphatic heterocycles. The molecule has 0 fully saturated rings. The number of ketones is 1. The third-order valence-corrected chi connectivity index (χ3v) is 4.64. The Hall–Kier alpha value is -5.16. The molecule has 0 spiro atoms. The van der Waals surface area contributed by atoms with Crippen LogP contribution >= 0.6 is 0 Å². The zero-order chi connectivity index (χ0) is 23.9. The zero-order valence-corrected chi connectivity index (χ0v) is 17.5. The maximum atomic E-state index is 12.3. The second kappa shape index (κ2) is 9.97. The lowest BCUT2D eigenvalue weighted by Gasteiger charge is -2.06. The molecule has 0 bridgehead atoms. The molecule has 4 rings (SSSR count). The number of aromatic nitrogens is 2. The molecule has 0 N–H and O–H groups in total. The highest BCUT2D eigenvalue weighted by Gasteiger charge is 2.22. The van der Waals surface area contributed by atoms with Crippen LogP contribution in [0, 0.1) is 11.3 Å². The number of hydrogen-bond acceptors (Lipinski definition) is 8. The van der Waals surface area contributed by atoms with Crippen molar-refractivity contribution in [3.8, 4) is 28.7 Å². The molecule has 1 heterocycles. The molecule has 1 aromatic heterocycles. The van der Waals surface area contributed by atoms with E-state index in [1.54, 1.807) is 0 Å². The van der Waals surface area contributed by atoms with Gasteiger partial charge < -0.3 is 9.47 Å². The van der Waals surface area contributed by atoms with Crippen LogP contribution in [0.3, 0.4) is 0 Å². The summed E-state index contributed by atoms with van der Waals surface area (Å²) in [6.45, 7) is 0. The Balaban J connectivity index is 1.36. The minimum atomic E-state index is -1.15. The van der Waals surface area contributed by atoms with E-state index >= 15 is 0 Å². The molecule has 0 saturated carbocycles. The number of nitriles is 1. The number of Topliss-reactive ketones (excluding diaryl/α,β-unsaturated/α-hetero) is 1. The molecule has 164 valence electrons. The molecule has 0 atom stereocenters. The molecule has 0 saturated heterocycles. The van der Waals surface area contributed by atoms with Gasteiger partial charge in [-0.3, -0.25) is 4.79 Å². The van der Waals surface area contributed by atoms with Crippen molar-refractivity contribution in [3.05, 3.63) is 108 Å². The van der Waals surface area contributed by atoms with Gasteiger partial charge in [0.15, 0.2) is 0 Å². The van der Waals surface area contributed by atoms with Gasteiger partial charge in [0.2, 0.25) is 5.82 Å². The van der Waals surface area contributed by atoms with Crippen LogP contribution in [0.4, 0.5) is 0 Å². The monoisotopic (exact) mass is 449 g/mol. The van der Waals surface area contributed by atoms with Gasteiger partial charge in [-0.05, 0) is 54.1 Å². The van der Waals surface area contributed by atoms with E-state index in [0.29, 0.717) is 11.1 Å². The van der Waals surface area contributed by atoms with Crippen LogP contribution in [0.5, 0.6) is 11.5 Å². The van der Waals surface area contributed by atoms with Gasteiger partial charge in [0.1, 0.15) is 11.5 Å². The molecular weight excluding hydrogens is 434 g/mol. The highest BCUT2D eigenvalue weighted by Crippen LogP contribution is 2.18. The smallest absolute Gasteiger partial charge is 0.388 e. The van der Waals surface area contributed by atoms with Gasteiger partial charge in [-0.2, -0.15) is 5.26 Å². The SMILES string of the molecule is N#Cc1ccc(OC(=O)c2ccc(OC(=O)C(=O)c3ncc(-c4ccccc4)cn3)cc2)cc1. The molecule has 8 heteroatoms. The number of benzene rings is 3. The fraction of sp³-hybridized carbons (Fsp3) is 0. The predicted octanol–water partition coefficient (Wildman–Crippen LogP) is 4.02. The maximum absolute atomic E-state index is 12.3. The number of carbonyl (C=O) groups is 3. The van der Waals surface area contributed by atoms with E-state index in [-0.39, 0.29) is 22.9 Å². The standard InChI is InChI=1S/C26H15N3O5/c27-14-17-6-10-21(11-7-17)33-25(31)19-8-12-22(13-9-19)34-26(32)23(30)24-28-15-20(16-29-24)18-4-2-1-3-5-18/h1-13,15-16H. The summed E-state index contributed by atoms with van der Waals surface area (Å²) in [5, 5.41) is 8.81. The van der Waals surface area contributed by atoms with Crippen molar-refractivity contribution in [1.29, 1.82) is 5.26 Å². The van der Waals surface area contributed by atoms with Crippen molar-refractivity contribution in [2.45, 2.75) is 0 Å². The van der Waals surface area contributed by atoms with Crippen LogP contribution < -0.4 is 9.47 Å². The molecule has 0 aliphatic rings. The lowest BCUT2D eigenvalue weighted by atomic mass is 10.1. The highest BCUT2D eigenvalue weighted by molar-refractivity contribution is 6.40. The largest absolute Gasteiger partial charge is 0.423 e. The minimum Gasteiger partial charge on any atom is -0.423 e. The normalized spacial score (nSPS) is 10.1. The predicted molar refractivity (Wildman–Crippen MR) is 120 cm³/mol. The van der Waals surface area contributed by atoms with Crippen LogP contribution in [-0.2, 0) is 4.79 Å². The Bertz CT molecular complexity index is 1380. The van der Waals surface area contributed by atoms with Crippen LogP contribution in [0.25, 0.3) is 11.1 Å². The summed E-state index contributed by atoms with van der Waals surface area (Å²) in [4.78, 5) is 44.7. The van der Waals surface area contributed by atoms with E-state index in [0.717, 1.165) is 5.56 Å². The quantitative estimate of drug-likeness (QED) is 0.187. The van der Waals surface area contributed by atoms with Crippen LogP contribution in [0.2, 0.25) is 0 Å². The summed E-state index contributed by atoms with van der Waals surface area (Å²) in [6, 6.07) is 22.9. The lowest BCUT2D eigenvalue weighted by Crippen LogP contribution is -2.22. The second-order valence-corrected chi connectivity index (χ2v) is 6.93. The van der Waals surface area contributed by atoms with Gasteiger partial charge in [0.25, 0.3) is 0 Å². The number of carbonyl (C=O) groups excluding carboxylic acids is 3. The summed E-state index contributed by atoms with van der Waals surface area (Å²) in [6.07, 6.45) is 2.91. The van der Waals surface area contributed by atoms with E-state index in [1.165, 1.54) is 60.9 Å². The molecule has 0 amide bonds. The van der Waals surface area contributed by atoms with E-state index in [4.69, 9.17) is 14.7 Å². The van der Waals surface area contributed by atoms with E-state index < -0.39 is 17.7 Å². The summed E-state index contributed by atoms with van der Waals surface area (Å²) in [5.41, 5.74) is 2.23. The molecule has 3 aromatic carbocycles. The van der Waals surface area contributed by atoms with Crippen molar-refractivity contribution in [1.82, 2.24) is 9.97 Å². The van der Waals surface area contributed by atoms with Gasteiger partial charge in [-0.15, -0.1) is 0 Å². The molecule has 34 heavy (non-hydrogen) atoms. The topological polar surface area (TPSA) is 119 Å². The number of rotatable bonds is 6. The van der Waals surface area contributed by atoms with Crippen LogP contribution in [0.15, 0.2) is 91.3 Å². The summed E-state index contributed by atoms with van der Waals surface area (Å²) in [7, 11) is 0. The minimum absolute atomic E-state index is 0.0641. The van der Waals surface area contributed by atoms with Gasteiger partial charge in [-0.25, -0.2) is 19.6 Å². The molecule has 4 aromatic rings. The Morgan fingerprint density at radius 1 is 0.706 bits per heavy atom. The highest BCUT2D eigenvalue weighted by atomic mass is 16.5. The van der Waals surface area contributed by atoms with Crippen molar-refractivity contribution in [3.63, 3.8) is 0 Å². The van der Waals surface area contributed by atoms with Crippen molar-refractivity contribution >= 4 is 17.7 Å². The molecule has 0 aliphatic carbocycles. The van der Waals surface area contributed by atoms with Crippen LogP contribution in [-0.4, -0.2) is 27.7 Å². The van der Waals surface area contributed by atoms with E-state index in [9.17, 15) is 14.4 Å². The maximum Gasteiger partial charge on any atom is 0.388 e. The Morgan fingerprint density at radius 2 is 1.29 bits per heavy atom. The molecule has 0 radical (unpaired) electrons. The molecule has 8 nitrogen and oxygen atoms in total. The number of nitrogens with zero attached hydrogens (tertiary/aromatic N) is 3. The zero-order valence-electron chi connectivity index (χ0n) is 17.5. The van der Waals surface area contributed by atoms with E-state index in [1.807, 2.05) is 36.4 Å². The third-order valence-electron chi connectivity index (χ3n) is 4.64. The first-order valence-corrected chi connectivity index (χ1v) is 10.00. The van der Waals surface area contributed by atoms with Gasteiger partial charge in [0, 0.05) is 18.0 Å². The molecule has 0 unspecified atom stereocenters. The van der Waals surface area contributed by atoms with Gasteiger partial charge in [0.05, 0.1) is 17.2 Å². The number of ether oxygens (including phenoxy) is 2. The average Bonchev–Trinajstić information content (AvgIpc) is 2.89. The summed E-state index contributed by atoms with van der Waals surface area (Å²) < 4.78 is 10.3. The first-order chi connectivity index (χ1) is 16.5. The van der Waals surface area contributed by atoms with Gasteiger partial charge >= 0.3 is 17.7 Å². The van der Waals surface area contributed by atoms with Crippen molar-refractivity contribution in [2.24, 2.45) is 0 Å². The first kappa shape index (κ1) is 22.0. The fourth-order valence-corrected chi connectivity index (χ4v) is 2.89. The van der Waals surface area contributed by atoms with Crippen molar-refractivity contribution < 1.29 is 23.9 Å². The van der Waals surface area contributed by atoms with Crippen LogP contribution in [0.1, 0.15) is 26.5 Å². The second-order valence-electron chi connectivity index (χ2n) is 6.93. The first-order valence-electron chi connectivity index (χ1n) is 10.00. The van der Waals surface area contributed by atoms with Gasteiger partial charge in [-0.1, -0.05) is 30.3 Å². The van der Waals surface area contributed by atoms with Crippen molar-refractivity contribution in [2.75, 3.05) is 0 Å². The third kappa shape index (κ3) is 5.18. The fourth-order valence-electron chi connectivity index (χ4n) is 2.89. The Labute approximate surface area is 194 Å². The number of esters is 2. The summed E-state index contributed by atoms with van der Waals surface area (Å²) >= 11 is 0. The Morgan fingerprint density at radius 3 is 1.91 bits per heavy atom. The summed E-state index contributed by atoms with van der Waals surface area (Å²) in [5.74, 6) is -2.72. The lowest BCUT2D eigenvalue weighted by molar-refractivity contribution is -0.129. The molecular formula is C26H15N3O5. The average molecular weight is 449 g/mol.